The van der Waals surface area contributed by atoms with Gasteiger partial charge in [0.05, 0.1) is 27.6 Å². The number of nitrogens with zero attached hydrogens (tertiary/aromatic N) is 2. The van der Waals surface area contributed by atoms with E-state index in [0.29, 0.717) is 50.8 Å². The number of fused-ring (bicyclic) bond motifs is 2. The number of amides is 4. The van der Waals surface area contributed by atoms with Gasteiger partial charge in [-0.05, 0) is 91.3 Å². The highest BCUT2D eigenvalue weighted by Crippen LogP contribution is 2.38. The van der Waals surface area contributed by atoms with Crippen LogP contribution in [0.3, 0.4) is 0 Å². The van der Waals surface area contributed by atoms with Gasteiger partial charge in [-0.15, -0.1) is 0 Å². The SMILES string of the molecule is CC(=O)Nc1ccc(C(=O)N2CC[C@H]3CCCC[C@H]3C2)c(Cl)c1.O=C(Cc1ccccc1)Nc1ccc(C(=O)N2CC[C@H]3CCCC[C@H]3C2)c(Cl)c1. The van der Waals surface area contributed by atoms with Crippen molar-refractivity contribution in [3.8, 4) is 0 Å². The first kappa shape index (κ1) is 37.9. The van der Waals surface area contributed by atoms with E-state index in [1.807, 2.05) is 40.1 Å². The average Bonchev–Trinajstić information content (AvgIpc) is 3.14. The number of rotatable bonds is 6. The number of carbonyl (C=O) groups is 4. The quantitative estimate of drug-likeness (QED) is 0.263. The molecule has 4 aliphatic rings. The molecule has 8 nitrogen and oxygen atoms in total. The fourth-order valence-electron chi connectivity index (χ4n) is 8.63. The van der Waals surface area contributed by atoms with Gasteiger partial charge < -0.3 is 20.4 Å². The van der Waals surface area contributed by atoms with Crippen LogP contribution < -0.4 is 10.6 Å². The molecule has 0 bridgehead atoms. The van der Waals surface area contributed by atoms with Gasteiger partial charge in [0.1, 0.15) is 0 Å². The maximum Gasteiger partial charge on any atom is 0.255 e. The number of nitrogens with one attached hydrogen (secondary N) is 2. The highest BCUT2D eigenvalue weighted by molar-refractivity contribution is 6.34. The molecule has 2 heterocycles. The summed E-state index contributed by atoms with van der Waals surface area (Å²) in [6, 6.07) is 19.8. The van der Waals surface area contributed by atoms with Crippen LogP contribution in [-0.4, -0.2) is 59.6 Å². The summed E-state index contributed by atoms with van der Waals surface area (Å²) in [5.41, 5.74) is 3.22. The Hall–Kier alpha value is -3.88. The van der Waals surface area contributed by atoms with E-state index in [0.717, 1.165) is 56.4 Å². The zero-order valence-corrected chi connectivity index (χ0v) is 31.6. The van der Waals surface area contributed by atoms with E-state index in [1.54, 1.807) is 36.4 Å². The molecule has 276 valence electrons. The second-order valence-corrected chi connectivity index (χ2v) is 15.8. The van der Waals surface area contributed by atoms with Crippen LogP contribution in [-0.2, 0) is 16.0 Å². The zero-order chi connectivity index (χ0) is 36.6. The van der Waals surface area contributed by atoms with Crippen LogP contribution in [0.2, 0.25) is 10.0 Å². The summed E-state index contributed by atoms with van der Waals surface area (Å²) in [6.07, 6.45) is 12.8. The molecule has 52 heavy (non-hydrogen) atoms. The lowest BCUT2D eigenvalue weighted by Crippen LogP contribution is -2.44. The first-order valence-electron chi connectivity index (χ1n) is 18.9. The molecular formula is C42H50Cl2N4O4. The minimum Gasteiger partial charge on any atom is -0.338 e. The molecule has 0 unspecified atom stereocenters. The van der Waals surface area contributed by atoms with Crippen molar-refractivity contribution < 1.29 is 19.2 Å². The molecule has 2 N–H and O–H groups in total. The highest BCUT2D eigenvalue weighted by atomic mass is 35.5. The van der Waals surface area contributed by atoms with Crippen LogP contribution >= 0.6 is 23.2 Å². The molecule has 2 saturated heterocycles. The molecule has 2 aliphatic carbocycles. The molecule has 4 fully saturated rings. The summed E-state index contributed by atoms with van der Waals surface area (Å²) in [5, 5.41) is 6.33. The summed E-state index contributed by atoms with van der Waals surface area (Å²) in [6.45, 7) is 4.78. The maximum absolute atomic E-state index is 13.0. The van der Waals surface area contributed by atoms with Crippen LogP contribution in [0.5, 0.6) is 0 Å². The zero-order valence-electron chi connectivity index (χ0n) is 30.1. The molecule has 3 aromatic carbocycles. The summed E-state index contributed by atoms with van der Waals surface area (Å²) >= 11 is 12.7. The number of hydrogen-bond acceptors (Lipinski definition) is 4. The normalized spacial score (nSPS) is 22.5. The number of piperidine rings is 2. The molecule has 3 aromatic rings. The molecule has 0 spiro atoms. The predicted octanol–water partition coefficient (Wildman–Crippen LogP) is 9.12. The number of anilines is 2. The first-order chi connectivity index (χ1) is 25.1. The summed E-state index contributed by atoms with van der Waals surface area (Å²) < 4.78 is 0. The van der Waals surface area contributed by atoms with Gasteiger partial charge in [-0.25, -0.2) is 0 Å². The van der Waals surface area contributed by atoms with Crippen molar-refractivity contribution in [3.05, 3.63) is 93.5 Å². The van der Waals surface area contributed by atoms with Gasteiger partial charge >= 0.3 is 0 Å². The van der Waals surface area contributed by atoms with Gasteiger partial charge in [0.2, 0.25) is 11.8 Å². The van der Waals surface area contributed by atoms with Gasteiger partial charge in [0, 0.05) is 44.5 Å². The molecule has 7 rings (SSSR count). The number of benzene rings is 3. The number of carbonyl (C=O) groups excluding carboxylic acids is 4. The van der Waals surface area contributed by atoms with Crippen molar-refractivity contribution in [2.24, 2.45) is 23.7 Å². The highest BCUT2D eigenvalue weighted by Gasteiger charge is 2.35. The van der Waals surface area contributed by atoms with Gasteiger partial charge in [-0.2, -0.15) is 0 Å². The van der Waals surface area contributed by atoms with Gasteiger partial charge in [0.25, 0.3) is 11.8 Å². The Kier molecular flexibility index (Phi) is 12.9. The third-order valence-electron chi connectivity index (χ3n) is 11.4. The number of halogens is 2. The lowest BCUT2D eigenvalue weighted by molar-refractivity contribution is -0.116. The molecule has 4 atom stereocenters. The van der Waals surface area contributed by atoms with E-state index in [-0.39, 0.29) is 23.6 Å². The topological polar surface area (TPSA) is 98.8 Å². The molecular weight excluding hydrogens is 695 g/mol. The Morgan fingerprint density at radius 3 is 1.54 bits per heavy atom. The third kappa shape index (κ3) is 9.75. The fourth-order valence-corrected chi connectivity index (χ4v) is 9.16. The molecule has 2 saturated carbocycles. The van der Waals surface area contributed by atoms with Crippen molar-refractivity contribution in [3.63, 3.8) is 0 Å². The Morgan fingerprint density at radius 1 is 0.615 bits per heavy atom. The molecule has 2 aliphatic heterocycles. The monoisotopic (exact) mass is 744 g/mol. The lowest BCUT2D eigenvalue weighted by atomic mass is 9.75. The maximum atomic E-state index is 13.0. The Balaban J connectivity index is 0.000000183. The lowest BCUT2D eigenvalue weighted by Gasteiger charge is -2.41. The standard InChI is InChI=1S/C24H27ClN2O2.C18H23ClN2O2/c25-22-15-20(26-23(28)14-17-6-2-1-3-7-17)10-11-21(22)24(29)27-13-12-18-8-4-5-9-19(18)16-27;1-12(22)20-15-6-7-16(17(19)10-15)18(23)21-9-8-13-4-2-3-5-14(13)11-21/h1-3,6-7,10-11,15,18-19H,4-5,8-9,12-14,16H2,(H,26,28);6-7,10,13-14H,2-5,8-9,11H2,1H3,(H,20,22)/t18-,19+;13-,14+/m11/s1. The Morgan fingerprint density at radius 2 is 1.08 bits per heavy atom. The van der Waals surface area contributed by atoms with Gasteiger partial charge in [-0.1, -0.05) is 92.1 Å². The van der Waals surface area contributed by atoms with Crippen LogP contribution in [0.15, 0.2) is 66.7 Å². The number of hydrogen-bond donors (Lipinski definition) is 2. The molecule has 4 amide bonds. The molecule has 0 aromatic heterocycles. The fraction of sp³-hybridized carbons (Fsp3) is 0.476. The largest absolute Gasteiger partial charge is 0.338 e. The third-order valence-corrected chi connectivity index (χ3v) is 12.0. The second-order valence-electron chi connectivity index (χ2n) is 15.0. The van der Waals surface area contributed by atoms with E-state index in [1.165, 1.54) is 58.3 Å². The Labute approximate surface area is 317 Å². The van der Waals surface area contributed by atoms with E-state index < -0.39 is 0 Å². The van der Waals surface area contributed by atoms with Crippen molar-refractivity contribution in [2.45, 2.75) is 77.6 Å². The van der Waals surface area contributed by atoms with E-state index >= 15 is 0 Å². The van der Waals surface area contributed by atoms with E-state index in [9.17, 15) is 19.2 Å². The van der Waals surface area contributed by atoms with Crippen molar-refractivity contribution >= 4 is 58.2 Å². The average molecular weight is 746 g/mol. The van der Waals surface area contributed by atoms with Gasteiger partial charge in [0.15, 0.2) is 0 Å². The summed E-state index contributed by atoms with van der Waals surface area (Å²) in [4.78, 5) is 53.1. The van der Waals surface area contributed by atoms with Crippen molar-refractivity contribution in [1.82, 2.24) is 9.80 Å². The molecule has 0 radical (unpaired) electrons. The van der Waals surface area contributed by atoms with Crippen LogP contribution in [0.25, 0.3) is 0 Å². The minimum atomic E-state index is -0.153. The smallest absolute Gasteiger partial charge is 0.255 e. The van der Waals surface area contributed by atoms with Crippen molar-refractivity contribution in [2.75, 3.05) is 36.8 Å². The van der Waals surface area contributed by atoms with Crippen LogP contribution in [0, 0.1) is 23.7 Å². The first-order valence-corrected chi connectivity index (χ1v) is 19.7. The van der Waals surface area contributed by atoms with Gasteiger partial charge in [-0.3, -0.25) is 19.2 Å². The van der Waals surface area contributed by atoms with E-state index in [4.69, 9.17) is 23.2 Å². The van der Waals surface area contributed by atoms with Crippen LogP contribution in [0.1, 0.15) is 97.4 Å². The number of likely N-dealkylation sites (tertiary alicyclic amines) is 2. The van der Waals surface area contributed by atoms with Crippen molar-refractivity contribution in [1.29, 1.82) is 0 Å². The van der Waals surface area contributed by atoms with E-state index in [2.05, 4.69) is 10.6 Å². The summed E-state index contributed by atoms with van der Waals surface area (Å²) in [5.74, 6) is 2.62. The molecule has 10 heteroatoms. The summed E-state index contributed by atoms with van der Waals surface area (Å²) in [7, 11) is 0. The minimum absolute atomic E-state index is 0.00110. The second kappa shape index (κ2) is 17.8. The predicted molar refractivity (Wildman–Crippen MR) is 208 cm³/mol. The Bertz CT molecular complexity index is 1750. The van der Waals surface area contributed by atoms with Crippen LogP contribution in [0.4, 0.5) is 11.4 Å².